The van der Waals surface area contributed by atoms with Crippen LogP contribution in [0.2, 0.25) is 0 Å². The van der Waals surface area contributed by atoms with E-state index in [-0.39, 0.29) is 17.2 Å². The van der Waals surface area contributed by atoms with Crippen molar-refractivity contribution in [2.24, 2.45) is 11.3 Å². The number of hydrogen-bond donors (Lipinski definition) is 2. The van der Waals surface area contributed by atoms with Crippen molar-refractivity contribution < 1.29 is 14.5 Å². The van der Waals surface area contributed by atoms with Gasteiger partial charge >= 0.3 is 7.12 Å². The molecule has 2 aliphatic heterocycles. The summed E-state index contributed by atoms with van der Waals surface area (Å²) in [7, 11) is -0.925. The lowest BCUT2D eigenvalue weighted by Gasteiger charge is -2.63. The Hall–Kier alpha value is -2.64. The Kier molecular flexibility index (Phi) is 3.74. The molecule has 2 N–H and O–H groups in total. The number of H-pyrrole nitrogens is 1. The number of likely N-dealkylation sites (tertiary alicyclic amines) is 1. The maximum atomic E-state index is 12.8. The first kappa shape index (κ1) is 18.2. The Labute approximate surface area is 175 Å². The number of amides is 1. The van der Waals surface area contributed by atoms with Gasteiger partial charge in [-0.15, -0.1) is 0 Å². The molecule has 30 heavy (non-hydrogen) atoms. The molecule has 7 heteroatoms. The molecule has 0 radical (unpaired) electrons. The molecule has 1 aromatic carbocycles. The minimum absolute atomic E-state index is 0.116. The first-order chi connectivity index (χ1) is 14.5. The van der Waals surface area contributed by atoms with E-state index in [2.05, 4.69) is 16.9 Å². The zero-order chi connectivity index (χ0) is 20.5. The van der Waals surface area contributed by atoms with E-state index in [1.165, 1.54) is 0 Å². The molecule has 2 fully saturated rings. The summed E-state index contributed by atoms with van der Waals surface area (Å²) in [6.45, 7) is 3.78. The van der Waals surface area contributed by atoms with Crippen LogP contribution in [0.1, 0.15) is 42.1 Å². The Bertz CT molecular complexity index is 1140. The number of aromatic amines is 1. The average Bonchev–Trinajstić information content (AvgIpc) is 3.37. The number of nitrogens with one attached hydrogen (secondary N) is 1. The third kappa shape index (κ3) is 2.27. The number of piperidine rings is 1. The van der Waals surface area contributed by atoms with E-state index in [0.29, 0.717) is 0 Å². The van der Waals surface area contributed by atoms with Crippen LogP contribution in [0.15, 0.2) is 48.8 Å². The van der Waals surface area contributed by atoms with E-state index in [9.17, 15) is 9.82 Å². The minimum atomic E-state index is -0.925. The number of hydrogen-bond acceptors (Lipinski definition) is 4. The zero-order valence-corrected chi connectivity index (χ0v) is 17.0. The highest BCUT2D eigenvalue weighted by molar-refractivity contribution is 6.62. The highest BCUT2D eigenvalue weighted by atomic mass is 16.5. The predicted molar refractivity (Wildman–Crippen MR) is 114 cm³/mol. The molecule has 1 aliphatic carbocycles. The SMILES string of the molecule is CC1C2(CCN(C(=O)c3ccccc3)CC2)CC12OB(O)c1cnc3[nH]ccc3c12. The average molecular weight is 401 g/mol. The van der Waals surface area contributed by atoms with E-state index in [1.54, 1.807) is 6.20 Å². The van der Waals surface area contributed by atoms with Crippen LogP contribution in [0, 0.1) is 11.3 Å². The minimum Gasteiger partial charge on any atom is -0.423 e. The number of pyridine rings is 1. The quantitative estimate of drug-likeness (QED) is 0.614. The van der Waals surface area contributed by atoms with Crippen LogP contribution in [0.25, 0.3) is 11.0 Å². The standard InChI is InChI=1S/C23H24BN3O3/c1-15-22(8-11-27(12-9-22)21(28)16-5-3-2-4-6-16)14-23(15)19-17-7-10-25-20(17)26-13-18(19)24(29)30-23/h2-7,10,13,15,29H,8-9,11-12,14H2,1H3,(H,25,26). The van der Waals surface area contributed by atoms with E-state index >= 15 is 0 Å². The van der Waals surface area contributed by atoms with Gasteiger partial charge in [-0.1, -0.05) is 25.1 Å². The lowest BCUT2D eigenvalue weighted by atomic mass is 9.46. The van der Waals surface area contributed by atoms with Gasteiger partial charge in [0.05, 0.1) is 5.60 Å². The number of carbonyl (C=O) groups is 1. The van der Waals surface area contributed by atoms with Gasteiger partial charge in [-0.25, -0.2) is 4.98 Å². The predicted octanol–water partition coefficient (Wildman–Crippen LogP) is 2.44. The molecule has 3 aromatic rings. The van der Waals surface area contributed by atoms with Gasteiger partial charge in [-0.05, 0) is 54.4 Å². The number of aromatic nitrogens is 2. The van der Waals surface area contributed by atoms with Crippen LogP contribution in [-0.2, 0) is 10.3 Å². The number of carbonyl (C=O) groups excluding carboxylic acids is 1. The van der Waals surface area contributed by atoms with Crippen molar-refractivity contribution in [1.82, 2.24) is 14.9 Å². The van der Waals surface area contributed by atoms with Crippen molar-refractivity contribution in [3.05, 3.63) is 59.9 Å². The largest absolute Gasteiger partial charge is 0.493 e. The molecular weight excluding hydrogens is 377 g/mol. The summed E-state index contributed by atoms with van der Waals surface area (Å²) in [4.78, 5) is 22.4. The fourth-order valence-corrected chi connectivity index (χ4v) is 6.17. The Balaban J connectivity index is 1.26. The van der Waals surface area contributed by atoms with Gasteiger partial charge in [0, 0.05) is 41.9 Å². The van der Waals surface area contributed by atoms with Crippen LogP contribution in [0.4, 0.5) is 0 Å². The first-order valence-electron chi connectivity index (χ1n) is 10.7. The van der Waals surface area contributed by atoms with Crippen LogP contribution in [-0.4, -0.2) is 46.0 Å². The lowest BCUT2D eigenvalue weighted by molar-refractivity contribution is -0.194. The molecule has 2 unspecified atom stereocenters. The fourth-order valence-electron chi connectivity index (χ4n) is 6.17. The molecule has 3 aliphatic rings. The zero-order valence-electron chi connectivity index (χ0n) is 17.0. The topological polar surface area (TPSA) is 78.5 Å². The molecule has 4 heterocycles. The van der Waals surface area contributed by atoms with Crippen LogP contribution < -0.4 is 5.46 Å². The summed E-state index contributed by atoms with van der Waals surface area (Å²) in [5.74, 6) is 0.375. The molecule has 2 spiro atoms. The molecule has 6 nitrogen and oxygen atoms in total. The molecule has 1 saturated heterocycles. The number of fused-ring (bicyclic) bond motifs is 4. The van der Waals surface area contributed by atoms with E-state index < -0.39 is 12.7 Å². The van der Waals surface area contributed by atoms with Gasteiger partial charge in [0.2, 0.25) is 0 Å². The molecular formula is C23H24BN3O3. The molecule has 2 aromatic heterocycles. The smallest absolute Gasteiger partial charge is 0.423 e. The van der Waals surface area contributed by atoms with Gasteiger partial charge in [0.25, 0.3) is 5.91 Å². The van der Waals surface area contributed by atoms with Gasteiger partial charge in [-0.2, -0.15) is 0 Å². The first-order valence-corrected chi connectivity index (χ1v) is 10.7. The summed E-state index contributed by atoms with van der Waals surface area (Å²) in [5, 5.41) is 11.6. The molecule has 1 saturated carbocycles. The molecule has 152 valence electrons. The number of nitrogens with zero attached hydrogens (tertiary/aromatic N) is 2. The van der Waals surface area contributed by atoms with Gasteiger partial charge in [-0.3, -0.25) is 4.79 Å². The number of benzene rings is 1. The summed E-state index contributed by atoms with van der Waals surface area (Å²) in [5.41, 5.74) is 3.15. The molecule has 0 bridgehead atoms. The fraction of sp³-hybridized carbons (Fsp3) is 0.391. The van der Waals surface area contributed by atoms with Crippen molar-refractivity contribution in [3.8, 4) is 0 Å². The van der Waals surface area contributed by atoms with E-state index in [1.807, 2.05) is 47.5 Å². The highest BCUT2D eigenvalue weighted by Crippen LogP contribution is 2.66. The van der Waals surface area contributed by atoms with Crippen molar-refractivity contribution >= 4 is 29.5 Å². The lowest BCUT2D eigenvalue weighted by Crippen LogP contribution is -2.62. The van der Waals surface area contributed by atoms with Crippen LogP contribution in [0.3, 0.4) is 0 Å². The summed E-state index contributed by atoms with van der Waals surface area (Å²) in [6, 6.07) is 11.6. The van der Waals surface area contributed by atoms with Gasteiger partial charge in [0.15, 0.2) is 0 Å². The van der Waals surface area contributed by atoms with E-state index in [0.717, 1.165) is 60.0 Å². The van der Waals surface area contributed by atoms with Crippen molar-refractivity contribution in [1.29, 1.82) is 0 Å². The Morgan fingerprint density at radius 1 is 1.27 bits per heavy atom. The van der Waals surface area contributed by atoms with Gasteiger partial charge < -0.3 is 19.6 Å². The third-order valence-electron chi connectivity index (χ3n) is 7.93. The summed E-state index contributed by atoms with van der Waals surface area (Å²) in [6.07, 6.45) is 6.44. The molecule has 2 atom stereocenters. The Morgan fingerprint density at radius 2 is 2.03 bits per heavy atom. The normalized spacial score (nSPS) is 26.9. The number of rotatable bonds is 1. The summed E-state index contributed by atoms with van der Waals surface area (Å²) >= 11 is 0. The van der Waals surface area contributed by atoms with Gasteiger partial charge in [0.1, 0.15) is 5.65 Å². The van der Waals surface area contributed by atoms with Crippen LogP contribution >= 0.6 is 0 Å². The maximum absolute atomic E-state index is 12.8. The van der Waals surface area contributed by atoms with Crippen molar-refractivity contribution in [2.75, 3.05) is 13.1 Å². The van der Waals surface area contributed by atoms with E-state index in [4.69, 9.17) is 4.65 Å². The second-order valence-corrected chi connectivity index (χ2v) is 9.11. The monoisotopic (exact) mass is 401 g/mol. The van der Waals surface area contributed by atoms with Crippen molar-refractivity contribution in [3.63, 3.8) is 0 Å². The second-order valence-electron chi connectivity index (χ2n) is 9.11. The second kappa shape index (κ2) is 6.19. The highest BCUT2D eigenvalue weighted by Gasteiger charge is 2.67. The van der Waals surface area contributed by atoms with Crippen molar-refractivity contribution in [2.45, 2.75) is 31.8 Å². The maximum Gasteiger partial charge on any atom is 0.493 e. The third-order valence-corrected chi connectivity index (χ3v) is 7.93. The van der Waals surface area contributed by atoms with Crippen LogP contribution in [0.5, 0.6) is 0 Å². The molecule has 6 rings (SSSR count). The molecule has 1 amide bonds. The Morgan fingerprint density at radius 3 is 2.77 bits per heavy atom. The summed E-state index contributed by atoms with van der Waals surface area (Å²) < 4.78 is 6.24.